The molecule has 1 N–H and O–H groups in total. The Morgan fingerprint density at radius 3 is 2.39 bits per heavy atom. The van der Waals surface area contributed by atoms with Gasteiger partial charge in [0.25, 0.3) is 0 Å². The lowest BCUT2D eigenvalue weighted by Crippen LogP contribution is -2.13. The zero-order chi connectivity index (χ0) is 20.8. The largest absolute Gasteiger partial charge is 0.351 e. The van der Waals surface area contributed by atoms with Gasteiger partial charge in [-0.15, -0.1) is 10.2 Å². The third kappa shape index (κ3) is 3.07. The van der Waals surface area contributed by atoms with Gasteiger partial charge in [0.1, 0.15) is 0 Å². The first-order valence-corrected chi connectivity index (χ1v) is 11.2. The van der Waals surface area contributed by atoms with E-state index in [1.54, 1.807) is 11.8 Å². The molecule has 0 bridgehead atoms. The normalized spacial score (nSPS) is 13.3. The Labute approximate surface area is 183 Å². The van der Waals surface area contributed by atoms with Crippen molar-refractivity contribution in [3.8, 4) is 22.6 Å². The smallest absolute Gasteiger partial charge is 0.212 e. The molecule has 2 aromatic heterocycles. The van der Waals surface area contributed by atoms with Crippen LogP contribution in [0.25, 0.3) is 33.5 Å². The number of aromatic nitrogens is 4. The summed E-state index contributed by atoms with van der Waals surface area (Å²) in [4.78, 5) is 3.60. The Bertz CT molecular complexity index is 1430. The first-order chi connectivity index (χ1) is 15.3. The minimum Gasteiger partial charge on any atom is -0.351 e. The Morgan fingerprint density at radius 1 is 0.871 bits per heavy atom. The molecule has 0 fully saturated rings. The quantitative estimate of drug-likeness (QED) is 0.403. The van der Waals surface area contributed by atoms with Gasteiger partial charge in [0.05, 0.1) is 11.4 Å². The van der Waals surface area contributed by atoms with Gasteiger partial charge in [-0.1, -0.05) is 84.1 Å². The first kappa shape index (κ1) is 18.2. The van der Waals surface area contributed by atoms with Crippen LogP contribution < -0.4 is 0 Å². The molecule has 0 aliphatic carbocycles. The van der Waals surface area contributed by atoms with Gasteiger partial charge < -0.3 is 4.98 Å². The molecule has 150 valence electrons. The summed E-state index contributed by atoms with van der Waals surface area (Å²) >= 11 is 1.66. The fraction of sp³-hybridized carbons (Fsp3) is 0.0800. The summed E-state index contributed by atoms with van der Waals surface area (Å²) in [7, 11) is 0. The van der Waals surface area contributed by atoms with Crippen LogP contribution in [0.1, 0.15) is 11.1 Å². The first-order valence-electron chi connectivity index (χ1n) is 10.2. The van der Waals surface area contributed by atoms with Crippen molar-refractivity contribution in [1.29, 1.82) is 0 Å². The highest BCUT2D eigenvalue weighted by Crippen LogP contribution is 2.39. The number of H-pyrrole nitrogens is 1. The van der Waals surface area contributed by atoms with Crippen LogP contribution in [-0.4, -0.2) is 31.3 Å². The maximum absolute atomic E-state index is 4.94. The average Bonchev–Trinajstić information content (AvgIpc) is 3.40. The van der Waals surface area contributed by atoms with Gasteiger partial charge in [-0.05, 0) is 30.2 Å². The van der Waals surface area contributed by atoms with E-state index in [2.05, 4.69) is 76.7 Å². The van der Waals surface area contributed by atoms with Crippen molar-refractivity contribution < 1.29 is 0 Å². The van der Waals surface area contributed by atoms with E-state index >= 15 is 0 Å². The van der Waals surface area contributed by atoms with E-state index in [1.165, 1.54) is 10.9 Å². The van der Waals surface area contributed by atoms with Crippen molar-refractivity contribution in [2.45, 2.75) is 12.1 Å². The number of hydrogen-bond donors (Lipinski definition) is 1. The van der Waals surface area contributed by atoms with Crippen molar-refractivity contribution in [2.24, 2.45) is 5.10 Å². The van der Waals surface area contributed by atoms with Crippen LogP contribution in [0, 0.1) is 6.92 Å². The summed E-state index contributed by atoms with van der Waals surface area (Å²) in [6, 6.07) is 27.2. The Morgan fingerprint density at radius 2 is 1.61 bits per heavy atom. The Balaban J connectivity index is 1.59. The summed E-state index contributed by atoms with van der Waals surface area (Å²) in [5, 5.41) is 15.9. The minimum atomic E-state index is 0.725. The van der Waals surface area contributed by atoms with Crippen LogP contribution in [-0.2, 0) is 0 Å². The van der Waals surface area contributed by atoms with E-state index < -0.39 is 0 Å². The third-order valence-electron chi connectivity index (χ3n) is 5.52. The summed E-state index contributed by atoms with van der Waals surface area (Å²) < 4.78 is 1.88. The van der Waals surface area contributed by atoms with Gasteiger partial charge in [0, 0.05) is 22.2 Å². The van der Waals surface area contributed by atoms with Crippen LogP contribution in [0.15, 0.2) is 89.1 Å². The third-order valence-corrected chi connectivity index (χ3v) is 6.45. The number of aromatic amines is 1. The van der Waals surface area contributed by atoms with Crippen molar-refractivity contribution in [3.63, 3.8) is 0 Å². The molecular formula is C25H19N5S. The number of fused-ring (bicyclic) bond motifs is 2. The lowest BCUT2D eigenvalue weighted by Gasteiger charge is -2.14. The fourth-order valence-electron chi connectivity index (χ4n) is 4.03. The highest BCUT2D eigenvalue weighted by Gasteiger charge is 2.25. The number of nitrogens with one attached hydrogen (secondary N) is 1. The standard InChI is InChI=1S/C25H19N5S/c1-16-12-13-20-19(14-16)22(18-10-6-3-7-11-18)23(26-20)24-27-28-25-30(24)29-21(15-31-25)17-8-4-2-5-9-17/h2-14,26H,15H2,1H3. The topological polar surface area (TPSA) is 58.9 Å². The zero-order valence-corrected chi connectivity index (χ0v) is 17.7. The molecule has 6 heteroatoms. The lowest BCUT2D eigenvalue weighted by atomic mass is 10.0. The van der Waals surface area contributed by atoms with E-state index in [1.807, 2.05) is 28.9 Å². The molecule has 0 atom stereocenters. The predicted molar refractivity (Wildman–Crippen MR) is 127 cm³/mol. The average molecular weight is 422 g/mol. The molecule has 31 heavy (non-hydrogen) atoms. The number of aryl methyl sites for hydroxylation is 1. The Kier molecular flexibility index (Phi) is 4.25. The second-order valence-electron chi connectivity index (χ2n) is 7.61. The second kappa shape index (κ2) is 7.25. The van der Waals surface area contributed by atoms with Crippen molar-refractivity contribution in [1.82, 2.24) is 19.9 Å². The SMILES string of the molecule is Cc1ccc2[nH]c(-c3nnc4n3N=C(c3ccccc3)CS4)c(-c3ccccc3)c2c1. The molecular weight excluding hydrogens is 402 g/mol. The fourth-order valence-corrected chi connectivity index (χ4v) is 4.87. The molecule has 1 aliphatic rings. The van der Waals surface area contributed by atoms with Crippen molar-refractivity contribution in [2.75, 3.05) is 5.75 Å². The minimum absolute atomic E-state index is 0.725. The molecule has 0 amide bonds. The molecule has 0 unspecified atom stereocenters. The number of nitrogens with zero attached hydrogens (tertiary/aromatic N) is 4. The maximum atomic E-state index is 4.94. The van der Waals surface area contributed by atoms with Crippen LogP contribution in [0.3, 0.4) is 0 Å². The van der Waals surface area contributed by atoms with E-state index in [9.17, 15) is 0 Å². The number of benzene rings is 3. The second-order valence-corrected chi connectivity index (χ2v) is 8.55. The summed E-state index contributed by atoms with van der Waals surface area (Å²) in [6.45, 7) is 2.12. The highest BCUT2D eigenvalue weighted by atomic mass is 32.2. The lowest BCUT2D eigenvalue weighted by molar-refractivity contribution is 0.761. The predicted octanol–water partition coefficient (Wildman–Crippen LogP) is 5.76. The van der Waals surface area contributed by atoms with Crippen molar-refractivity contribution in [3.05, 3.63) is 90.0 Å². The Hall–Kier alpha value is -3.64. The van der Waals surface area contributed by atoms with Crippen LogP contribution >= 0.6 is 11.8 Å². The molecule has 0 spiro atoms. The molecule has 6 rings (SSSR count). The molecule has 3 aromatic carbocycles. The number of thioether (sulfide) groups is 1. The van der Waals surface area contributed by atoms with Gasteiger partial charge >= 0.3 is 0 Å². The summed E-state index contributed by atoms with van der Waals surface area (Å²) in [5.74, 6) is 1.50. The van der Waals surface area contributed by atoms with Crippen LogP contribution in [0.2, 0.25) is 0 Å². The zero-order valence-electron chi connectivity index (χ0n) is 16.9. The molecule has 0 radical (unpaired) electrons. The van der Waals surface area contributed by atoms with Crippen LogP contribution in [0.4, 0.5) is 0 Å². The van der Waals surface area contributed by atoms with Gasteiger partial charge in [-0.25, -0.2) is 0 Å². The van der Waals surface area contributed by atoms with Gasteiger partial charge in [0.2, 0.25) is 11.0 Å². The monoisotopic (exact) mass is 421 g/mol. The molecule has 5 nitrogen and oxygen atoms in total. The van der Waals surface area contributed by atoms with E-state index in [-0.39, 0.29) is 0 Å². The van der Waals surface area contributed by atoms with Gasteiger partial charge in [-0.2, -0.15) is 9.78 Å². The molecule has 1 aliphatic heterocycles. The van der Waals surface area contributed by atoms with Gasteiger partial charge in [0.15, 0.2) is 0 Å². The highest BCUT2D eigenvalue weighted by molar-refractivity contribution is 7.99. The van der Waals surface area contributed by atoms with Gasteiger partial charge in [-0.3, -0.25) is 0 Å². The maximum Gasteiger partial charge on any atom is 0.212 e. The van der Waals surface area contributed by atoms with Crippen molar-refractivity contribution >= 4 is 28.4 Å². The summed E-state index contributed by atoms with van der Waals surface area (Å²) in [5.41, 5.74) is 7.64. The molecule has 0 saturated carbocycles. The number of rotatable bonds is 3. The number of hydrogen-bond acceptors (Lipinski definition) is 4. The van der Waals surface area contributed by atoms with E-state index in [0.29, 0.717) is 0 Å². The molecule has 3 heterocycles. The molecule has 0 saturated heterocycles. The van der Waals surface area contributed by atoms with E-state index in [4.69, 9.17) is 5.10 Å². The van der Waals surface area contributed by atoms with Crippen LogP contribution in [0.5, 0.6) is 0 Å². The molecule has 5 aromatic rings. The summed E-state index contributed by atoms with van der Waals surface area (Å²) in [6.07, 6.45) is 0. The van der Waals surface area contributed by atoms with E-state index in [0.717, 1.165) is 50.3 Å².